The number of esters is 2. The van der Waals surface area contributed by atoms with E-state index in [-0.39, 0.29) is 25.3 Å². The first kappa shape index (κ1) is 42.6. The molecule has 2 amide bonds. The van der Waals surface area contributed by atoms with Gasteiger partial charge in [-0.25, -0.2) is 19.4 Å². The minimum atomic E-state index is -0.843. The molecule has 58 heavy (non-hydrogen) atoms. The van der Waals surface area contributed by atoms with Gasteiger partial charge < -0.3 is 33.6 Å². The van der Waals surface area contributed by atoms with E-state index in [0.717, 1.165) is 22.0 Å². The first-order chi connectivity index (χ1) is 27.5. The van der Waals surface area contributed by atoms with Gasteiger partial charge in [-0.05, 0) is 76.9 Å². The summed E-state index contributed by atoms with van der Waals surface area (Å²) in [5.74, 6) is 0.0987. The number of aromatic nitrogens is 3. The zero-order chi connectivity index (χ0) is 42.0. The van der Waals surface area contributed by atoms with Gasteiger partial charge in [-0.1, -0.05) is 60.7 Å². The zero-order valence-electron chi connectivity index (χ0n) is 34.2. The van der Waals surface area contributed by atoms with Crippen LogP contribution in [0, 0.1) is 5.41 Å². The van der Waals surface area contributed by atoms with Gasteiger partial charge in [-0.3, -0.25) is 14.7 Å². The molecular formula is C44H51N5O9. The van der Waals surface area contributed by atoms with Crippen LogP contribution in [0.4, 0.5) is 9.59 Å². The summed E-state index contributed by atoms with van der Waals surface area (Å²) < 4.78 is 30.9. The second kappa shape index (κ2) is 18.6. The quantitative estimate of drug-likeness (QED) is 0.0661. The van der Waals surface area contributed by atoms with Crippen molar-refractivity contribution in [1.29, 1.82) is 0 Å². The smallest absolute Gasteiger partial charge is 0.412 e. The Kier molecular flexibility index (Phi) is 13.6. The zero-order valence-corrected chi connectivity index (χ0v) is 34.2. The van der Waals surface area contributed by atoms with E-state index < -0.39 is 41.2 Å². The molecule has 0 radical (unpaired) electrons. The first-order valence-electron chi connectivity index (χ1n) is 18.8. The fraction of sp³-hybridized carbons (Fsp3) is 0.341. The van der Waals surface area contributed by atoms with Crippen molar-refractivity contribution in [2.45, 2.75) is 72.8 Å². The number of hydrogen-bond donors (Lipinski definition) is 2. The van der Waals surface area contributed by atoms with Crippen LogP contribution in [0.3, 0.4) is 0 Å². The van der Waals surface area contributed by atoms with Crippen molar-refractivity contribution in [3.8, 4) is 11.6 Å². The summed E-state index contributed by atoms with van der Waals surface area (Å²) in [5.41, 5.74) is 2.01. The molecule has 0 fully saturated rings. The van der Waals surface area contributed by atoms with Crippen molar-refractivity contribution in [1.82, 2.24) is 24.8 Å². The number of nitrogens with one attached hydrogen (secondary N) is 2. The normalized spacial score (nSPS) is 12.4. The molecule has 3 aromatic carbocycles. The number of carbonyl (C=O) groups is 4. The molecule has 0 unspecified atom stereocenters. The minimum Gasteiger partial charge on any atom is -0.497 e. The van der Waals surface area contributed by atoms with Crippen LogP contribution in [0.25, 0.3) is 22.8 Å². The van der Waals surface area contributed by atoms with Crippen molar-refractivity contribution in [2.75, 3.05) is 20.8 Å². The first-order valence-corrected chi connectivity index (χ1v) is 18.8. The molecule has 2 N–H and O–H groups in total. The number of amides is 2. The van der Waals surface area contributed by atoms with Gasteiger partial charge in [-0.15, -0.1) is 0 Å². The van der Waals surface area contributed by atoms with Gasteiger partial charge in [-0.2, -0.15) is 0 Å². The topological polar surface area (TPSA) is 161 Å². The summed E-state index contributed by atoms with van der Waals surface area (Å²) in [7, 11) is 2.83. The molecule has 0 saturated carbocycles. The molecule has 306 valence electrons. The maximum atomic E-state index is 13.3. The Labute approximate surface area is 338 Å². The molecule has 0 bridgehead atoms. The average molecular weight is 794 g/mol. The molecule has 2 heterocycles. The third-order valence-electron chi connectivity index (χ3n) is 8.71. The number of benzene rings is 3. The average Bonchev–Trinajstić information content (AvgIpc) is 3.76. The monoisotopic (exact) mass is 793 g/mol. The molecule has 1 atom stereocenters. The predicted molar refractivity (Wildman–Crippen MR) is 218 cm³/mol. The number of para-hydroxylation sites is 1. The maximum Gasteiger partial charge on any atom is 0.412 e. The highest BCUT2D eigenvalue weighted by Gasteiger charge is 2.27. The molecule has 0 spiro atoms. The van der Waals surface area contributed by atoms with E-state index in [1.807, 2.05) is 78.9 Å². The van der Waals surface area contributed by atoms with Crippen molar-refractivity contribution in [3.63, 3.8) is 0 Å². The largest absolute Gasteiger partial charge is 0.497 e. The number of nitrogens with zero attached hydrogens (tertiary/aromatic N) is 3. The van der Waals surface area contributed by atoms with Gasteiger partial charge in [0, 0.05) is 30.1 Å². The molecule has 0 aliphatic heterocycles. The molecule has 0 aliphatic rings. The Morgan fingerprint density at radius 1 is 0.828 bits per heavy atom. The summed E-state index contributed by atoms with van der Waals surface area (Å²) >= 11 is 0. The van der Waals surface area contributed by atoms with E-state index in [2.05, 4.69) is 15.2 Å². The number of ether oxygens (including phenoxy) is 5. The van der Waals surface area contributed by atoms with Crippen LogP contribution in [-0.2, 0) is 48.1 Å². The second-order valence-electron chi connectivity index (χ2n) is 15.6. The molecule has 0 saturated heterocycles. The number of carbonyl (C=O) groups excluding carboxylic acids is 4. The molecule has 0 aliphatic carbocycles. The summed E-state index contributed by atoms with van der Waals surface area (Å²) in [5, 5.41) is 6.18. The standard InChI is InChI=1S/C44H51N5O9/c1-43(2,3)40(51)56-27-32(46-42(53)58-44(4,5)6)22-31-25-48(28-45-31)38-35(23-36(39(50)55-8)47-41(52)57-26-30-14-10-9-11-15-30)34-16-12-13-17-37(34)49(38)24-29-18-20-33(54-7)21-19-29/h9-21,23,25,28,32H,22,24,26-27H2,1-8H3,(H,46,53)(H,47,52)/b36-23-/t32-/m0/s1. The lowest BCUT2D eigenvalue weighted by Crippen LogP contribution is -2.43. The van der Waals surface area contributed by atoms with Crippen LogP contribution in [0.2, 0.25) is 0 Å². The van der Waals surface area contributed by atoms with E-state index in [0.29, 0.717) is 29.4 Å². The lowest BCUT2D eigenvalue weighted by molar-refractivity contribution is -0.153. The van der Waals surface area contributed by atoms with Crippen LogP contribution in [0.5, 0.6) is 5.75 Å². The molecular weight excluding hydrogens is 743 g/mol. The van der Waals surface area contributed by atoms with E-state index in [1.54, 1.807) is 71.8 Å². The Morgan fingerprint density at radius 2 is 1.52 bits per heavy atom. The summed E-state index contributed by atoms with van der Waals surface area (Å²) in [6, 6.07) is 23.8. The Hall–Kier alpha value is -6.57. The van der Waals surface area contributed by atoms with E-state index in [4.69, 9.17) is 28.7 Å². The van der Waals surface area contributed by atoms with E-state index >= 15 is 0 Å². The SMILES string of the molecule is COC(=O)/C(=C/c1c(-n2cnc(C[C@@H](COC(=O)C(C)(C)C)NC(=O)OC(C)(C)C)c2)n(Cc2ccc(OC)cc2)c2ccccc12)NC(=O)OCc1ccccc1. The highest BCUT2D eigenvalue weighted by molar-refractivity contribution is 6.02. The van der Waals surface area contributed by atoms with Crippen molar-refractivity contribution < 1.29 is 42.9 Å². The number of methoxy groups -OCH3 is 2. The maximum absolute atomic E-state index is 13.3. The summed E-state index contributed by atoms with van der Waals surface area (Å²) in [6.07, 6.45) is 3.64. The van der Waals surface area contributed by atoms with Crippen LogP contribution in [0.15, 0.2) is 97.1 Å². The lowest BCUT2D eigenvalue weighted by atomic mass is 9.97. The fourth-order valence-electron chi connectivity index (χ4n) is 5.94. The van der Waals surface area contributed by atoms with Crippen LogP contribution in [0.1, 0.15) is 63.9 Å². The minimum absolute atomic E-state index is 0.00938. The summed E-state index contributed by atoms with van der Waals surface area (Å²) in [6.45, 7) is 10.8. The Balaban J connectivity index is 1.58. The Morgan fingerprint density at radius 3 is 2.17 bits per heavy atom. The number of imidazole rings is 1. The third-order valence-corrected chi connectivity index (χ3v) is 8.71. The number of hydrogen-bond acceptors (Lipinski definition) is 10. The number of fused-ring (bicyclic) bond motifs is 1. The van der Waals surface area contributed by atoms with Gasteiger partial charge in [0.1, 0.15) is 42.4 Å². The van der Waals surface area contributed by atoms with Gasteiger partial charge in [0.15, 0.2) is 0 Å². The molecule has 14 nitrogen and oxygen atoms in total. The highest BCUT2D eigenvalue weighted by Crippen LogP contribution is 2.33. The van der Waals surface area contributed by atoms with Crippen LogP contribution in [-0.4, -0.2) is 70.7 Å². The van der Waals surface area contributed by atoms with Crippen LogP contribution >= 0.6 is 0 Å². The fourth-order valence-corrected chi connectivity index (χ4v) is 5.94. The Bertz CT molecular complexity index is 2240. The third kappa shape index (κ3) is 11.5. The van der Waals surface area contributed by atoms with E-state index in [9.17, 15) is 19.2 Å². The van der Waals surface area contributed by atoms with Gasteiger partial charge >= 0.3 is 24.1 Å². The van der Waals surface area contributed by atoms with Gasteiger partial charge in [0.25, 0.3) is 0 Å². The van der Waals surface area contributed by atoms with Crippen molar-refractivity contribution in [3.05, 3.63) is 119 Å². The number of alkyl carbamates (subject to hydrolysis) is 2. The van der Waals surface area contributed by atoms with Gasteiger partial charge in [0.05, 0.1) is 36.9 Å². The molecule has 2 aromatic heterocycles. The number of rotatable bonds is 14. The van der Waals surface area contributed by atoms with Gasteiger partial charge in [0.2, 0.25) is 0 Å². The molecule has 14 heteroatoms. The molecule has 5 rings (SSSR count). The lowest BCUT2D eigenvalue weighted by Gasteiger charge is -2.24. The second-order valence-corrected chi connectivity index (χ2v) is 15.6. The molecule has 5 aromatic rings. The summed E-state index contributed by atoms with van der Waals surface area (Å²) in [4.78, 5) is 56.7. The van der Waals surface area contributed by atoms with Crippen molar-refractivity contribution >= 4 is 41.1 Å². The van der Waals surface area contributed by atoms with Crippen LogP contribution < -0.4 is 15.4 Å². The van der Waals surface area contributed by atoms with Crippen molar-refractivity contribution in [2.24, 2.45) is 5.41 Å². The predicted octanol–water partition coefficient (Wildman–Crippen LogP) is 7.35. The highest BCUT2D eigenvalue weighted by atomic mass is 16.6. The van der Waals surface area contributed by atoms with E-state index in [1.165, 1.54) is 7.11 Å².